The molecule has 3 aromatic rings. The Bertz CT molecular complexity index is 971. The molecule has 1 aliphatic heterocycles. The number of amides is 1. The molecule has 0 unspecified atom stereocenters. The van der Waals surface area contributed by atoms with Gasteiger partial charge in [-0.2, -0.15) is 5.10 Å². The lowest BCUT2D eigenvalue weighted by atomic mass is 10.0. The molecule has 0 spiro atoms. The molecule has 1 atom stereocenters. The number of aromatic nitrogens is 4. The van der Waals surface area contributed by atoms with Gasteiger partial charge in [0, 0.05) is 31.0 Å². The smallest absolute Gasteiger partial charge is 0.257 e. The van der Waals surface area contributed by atoms with Crippen LogP contribution in [0, 0.1) is 20.8 Å². The molecule has 0 aromatic carbocycles. The summed E-state index contributed by atoms with van der Waals surface area (Å²) in [5.74, 6) is 0.000142. The molecule has 25 heavy (non-hydrogen) atoms. The Morgan fingerprint density at radius 1 is 1.28 bits per heavy atom. The van der Waals surface area contributed by atoms with Crippen molar-refractivity contribution in [1.29, 1.82) is 0 Å². The third-order valence-electron chi connectivity index (χ3n) is 5.17. The second-order valence-electron chi connectivity index (χ2n) is 6.71. The first-order valence-corrected chi connectivity index (χ1v) is 8.50. The molecule has 1 aliphatic rings. The molecule has 130 valence electrons. The zero-order valence-corrected chi connectivity index (χ0v) is 14.9. The number of likely N-dealkylation sites (tertiary alicyclic amines) is 1. The van der Waals surface area contributed by atoms with E-state index in [-0.39, 0.29) is 11.9 Å². The number of hydrogen-bond donors (Lipinski definition) is 0. The van der Waals surface area contributed by atoms with Crippen molar-refractivity contribution in [2.45, 2.75) is 39.7 Å². The molecule has 7 nitrogen and oxygen atoms in total. The second-order valence-corrected chi connectivity index (χ2v) is 6.71. The van der Waals surface area contributed by atoms with Crippen molar-refractivity contribution in [3.8, 4) is 0 Å². The normalized spacial score (nSPS) is 17.6. The summed E-state index contributed by atoms with van der Waals surface area (Å²) in [6.07, 6.45) is 3.53. The Morgan fingerprint density at radius 2 is 2.08 bits per heavy atom. The van der Waals surface area contributed by atoms with E-state index in [0.717, 1.165) is 41.9 Å². The highest BCUT2D eigenvalue weighted by atomic mass is 16.5. The Hall–Kier alpha value is -2.70. The quantitative estimate of drug-likeness (QED) is 0.717. The van der Waals surface area contributed by atoms with Crippen molar-refractivity contribution in [2.75, 3.05) is 6.54 Å². The highest BCUT2D eigenvalue weighted by molar-refractivity contribution is 5.97. The maximum absolute atomic E-state index is 13.1. The van der Waals surface area contributed by atoms with Gasteiger partial charge in [-0.25, -0.2) is 4.98 Å². The largest absolute Gasteiger partial charge is 0.336 e. The third-order valence-corrected chi connectivity index (χ3v) is 5.17. The van der Waals surface area contributed by atoms with Crippen LogP contribution in [-0.4, -0.2) is 37.3 Å². The molecule has 0 bridgehead atoms. The fourth-order valence-electron chi connectivity index (χ4n) is 3.81. The lowest BCUT2D eigenvalue weighted by molar-refractivity contribution is 0.0735. The summed E-state index contributed by atoms with van der Waals surface area (Å²) in [5.41, 5.74) is 5.06. The summed E-state index contributed by atoms with van der Waals surface area (Å²) >= 11 is 0. The van der Waals surface area contributed by atoms with Crippen LogP contribution in [0.15, 0.2) is 16.8 Å². The van der Waals surface area contributed by atoms with Crippen LogP contribution >= 0.6 is 0 Å². The van der Waals surface area contributed by atoms with Gasteiger partial charge in [0.05, 0.1) is 28.4 Å². The number of rotatable bonds is 2. The zero-order chi connectivity index (χ0) is 17.7. The van der Waals surface area contributed by atoms with Crippen LogP contribution < -0.4 is 0 Å². The number of carbonyl (C=O) groups excluding carboxylic acids is 1. The first kappa shape index (κ1) is 15.8. The van der Waals surface area contributed by atoms with Gasteiger partial charge < -0.3 is 9.42 Å². The SMILES string of the molecule is Cc1nn(C)c(C)c1[C@@H]1CCCN1C(=O)c1cnc2onc(C)c2c1. The standard InChI is InChI=1S/C18H21N5O2/c1-10-14-8-13(9-19-17(14)25-21-10)18(24)23-7-5-6-15(23)16-11(2)20-22(4)12(16)3/h8-9,15H,5-7H2,1-4H3/t15-/m0/s1. The van der Waals surface area contributed by atoms with E-state index in [1.807, 2.05) is 36.5 Å². The van der Waals surface area contributed by atoms with Gasteiger partial charge in [-0.3, -0.25) is 9.48 Å². The van der Waals surface area contributed by atoms with Gasteiger partial charge in [-0.15, -0.1) is 0 Å². The first-order valence-electron chi connectivity index (χ1n) is 8.50. The second kappa shape index (κ2) is 5.68. The summed E-state index contributed by atoms with van der Waals surface area (Å²) in [4.78, 5) is 19.3. The fraction of sp³-hybridized carbons (Fsp3) is 0.444. The van der Waals surface area contributed by atoms with Crippen LogP contribution in [0.5, 0.6) is 0 Å². The monoisotopic (exact) mass is 339 g/mol. The Kier molecular flexibility index (Phi) is 3.59. The highest BCUT2D eigenvalue weighted by Gasteiger charge is 2.34. The topological polar surface area (TPSA) is 77.0 Å². The molecule has 4 rings (SSSR count). The van der Waals surface area contributed by atoms with E-state index in [2.05, 4.69) is 22.2 Å². The van der Waals surface area contributed by atoms with Crippen molar-refractivity contribution < 1.29 is 9.32 Å². The van der Waals surface area contributed by atoms with Gasteiger partial charge in [0.1, 0.15) is 0 Å². The lowest BCUT2D eigenvalue weighted by Crippen LogP contribution is -2.31. The number of nitrogens with zero attached hydrogens (tertiary/aromatic N) is 5. The predicted octanol–water partition coefficient (Wildman–Crippen LogP) is 2.86. The Morgan fingerprint density at radius 3 is 2.80 bits per heavy atom. The molecular formula is C18H21N5O2. The lowest BCUT2D eigenvalue weighted by Gasteiger charge is -2.25. The predicted molar refractivity (Wildman–Crippen MR) is 92.2 cm³/mol. The molecule has 0 N–H and O–H groups in total. The maximum Gasteiger partial charge on any atom is 0.257 e. The zero-order valence-electron chi connectivity index (χ0n) is 14.9. The molecule has 0 saturated carbocycles. The van der Waals surface area contributed by atoms with Crippen LogP contribution in [-0.2, 0) is 7.05 Å². The van der Waals surface area contributed by atoms with Gasteiger partial charge in [0.25, 0.3) is 11.6 Å². The van der Waals surface area contributed by atoms with Crippen LogP contribution in [0.4, 0.5) is 0 Å². The molecule has 0 aliphatic carbocycles. The third kappa shape index (κ3) is 2.42. The van der Waals surface area contributed by atoms with Crippen LogP contribution in [0.25, 0.3) is 11.1 Å². The minimum atomic E-state index is 0.000142. The summed E-state index contributed by atoms with van der Waals surface area (Å²) < 4.78 is 7.03. The van der Waals surface area contributed by atoms with Gasteiger partial charge in [-0.05, 0) is 39.7 Å². The number of aryl methyl sites for hydroxylation is 3. The molecule has 3 aromatic heterocycles. The van der Waals surface area contributed by atoms with E-state index in [1.165, 1.54) is 5.56 Å². The molecule has 0 radical (unpaired) electrons. The van der Waals surface area contributed by atoms with E-state index < -0.39 is 0 Å². The fourth-order valence-corrected chi connectivity index (χ4v) is 3.81. The van der Waals surface area contributed by atoms with E-state index in [0.29, 0.717) is 11.3 Å². The molecule has 1 saturated heterocycles. The number of fused-ring (bicyclic) bond motifs is 1. The van der Waals surface area contributed by atoms with Crippen LogP contribution in [0.2, 0.25) is 0 Å². The molecular weight excluding hydrogens is 318 g/mol. The highest BCUT2D eigenvalue weighted by Crippen LogP contribution is 2.36. The summed E-state index contributed by atoms with van der Waals surface area (Å²) in [7, 11) is 1.94. The Balaban J connectivity index is 1.71. The summed E-state index contributed by atoms with van der Waals surface area (Å²) in [6, 6.07) is 1.90. The molecule has 7 heteroatoms. The van der Waals surface area contributed by atoms with Crippen molar-refractivity contribution in [2.24, 2.45) is 7.05 Å². The van der Waals surface area contributed by atoms with E-state index in [1.54, 1.807) is 6.20 Å². The molecule has 1 amide bonds. The number of hydrogen-bond acceptors (Lipinski definition) is 5. The number of carbonyl (C=O) groups is 1. The van der Waals surface area contributed by atoms with E-state index in [4.69, 9.17) is 4.52 Å². The number of pyridine rings is 1. The molecule has 4 heterocycles. The van der Waals surface area contributed by atoms with Crippen molar-refractivity contribution in [1.82, 2.24) is 24.8 Å². The van der Waals surface area contributed by atoms with Gasteiger partial charge in [-0.1, -0.05) is 5.16 Å². The first-order chi connectivity index (χ1) is 12.0. The average Bonchev–Trinajstić information content (AvgIpc) is 3.27. The van der Waals surface area contributed by atoms with Crippen molar-refractivity contribution >= 4 is 17.0 Å². The summed E-state index contributed by atoms with van der Waals surface area (Å²) in [6.45, 7) is 6.67. The van der Waals surface area contributed by atoms with Gasteiger partial charge in [0.15, 0.2) is 0 Å². The van der Waals surface area contributed by atoms with Crippen molar-refractivity contribution in [3.63, 3.8) is 0 Å². The molecule has 1 fully saturated rings. The van der Waals surface area contributed by atoms with Crippen molar-refractivity contribution in [3.05, 3.63) is 40.5 Å². The maximum atomic E-state index is 13.1. The van der Waals surface area contributed by atoms with Crippen LogP contribution in [0.3, 0.4) is 0 Å². The van der Waals surface area contributed by atoms with Gasteiger partial charge in [0.2, 0.25) is 0 Å². The minimum absolute atomic E-state index is 0.000142. The van der Waals surface area contributed by atoms with Crippen LogP contribution in [0.1, 0.15) is 51.9 Å². The summed E-state index contributed by atoms with van der Waals surface area (Å²) in [5, 5.41) is 9.21. The van der Waals surface area contributed by atoms with E-state index in [9.17, 15) is 4.79 Å². The van der Waals surface area contributed by atoms with Gasteiger partial charge >= 0.3 is 0 Å². The minimum Gasteiger partial charge on any atom is -0.336 e. The average molecular weight is 339 g/mol. The Labute approximate surface area is 145 Å². The van der Waals surface area contributed by atoms with E-state index >= 15 is 0 Å².